The quantitative estimate of drug-likeness (QED) is 0.487. The van der Waals surface area contributed by atoms with Gasteiger partial charge in [0.05, 0.1) is 5.75 Å². The average Bonchev–Trinajstić information content (AvgIpc) is 2.14. The Morgan fingerprint density at radius 1 is 1.00 bits per heavy atom. The van der Waals surface area contributed by atoms with Crippen LogP contribution in [-0.2, 0) is 20.2 Å². The van der Waals surface area contributed by atoms with E-state index in [2.05, 4.69) is 14.2 Å². The summed E-state index contributed by atoms with van der Waals surface area (Å²) in [7, 11) is -5.66. The molecule has 0 saturated carbocycles. The molecule has 0 aliphatic carbocycles. The van der Waals surface area contributed by atoms with Crippen molar-refractivity contribution in [2.45, 2.75) is 13.3 Å². The molecule has 0 aromatic carbocycles. The first-order valence-electron chi connectivity index (χ1n) is 4.48. The zero-order chi connectivity index (χ0) is 11.9. The fourth-order valence-corrected chi connectivity index (χ4v) is 2.35. The number of hydrogen-bond acceptors (Lipinski definition) is 4. The second-order valence-electron chi connectivity index (χ2n) is 2.82. The molecular weight excluding hydrogens is 242 g/mol. The van der Waals surface area contributed by atoms with Crippen LogP contribution in [0.4, 0.5) is 0 Å². The van der Waals surface area contributed by atoms with Crippen molar-refractivity contribution in [1.29, 1.82) is 0 Å². The number of nitrogens with one attached hydrogen (secondary N) is 3. The first kappa shape index (κ1) is 14.8. The van der Waals surface area contributed by atoms with E-state index < -0.39 is 20.2 Å². The fraction of sp³-hybridized carbons (Fsp3) is 1.00. The van der Waals surface area contributed by atoms with Crippen LogP contribution in [-0.4, -0.2) is 42.7 Å². The van der Waals surface area contributed by atoms with Crippen LogP contribution in [0.25, 0.3) is 0 Å². The Kier molecular flexibility index (Phi) is 6.29. The van der Waals surface area contributed by atoms with Gasteiger partial charge in [-0.3, -0.25) is 0 Å². The second kappa shape index (κ2) is 6.38. The maximum atomic E-state index is 11.1. The van der Waals surface area contributed by atoms with E-state index in [1.165, 1.54) is 7.05 Å². The Bertz CT molecular complexity index is 362. The SMILES string of the molecule is CCCNS(=O)(=O)NCCS(=O)(=O)NC. The summed E-state index contributed by atoms with van der Waals surface area (Å²) >= 11 is 0. The summed E-state index contributed by atoms with van der Waals surface area (Å²) in [5.74, 6) is -0.281. The lowest BCUT2D eigenvalue weighted by Crippen LogP contribution is -2.40. The molecule has 0 spiro atoms. The van der Waals surface area contributed by atoms with Crippen molar-refractivity contribution in [3.63, 3.8) is 0 Å². The van der Waals surface area contributed by atoms with E-state index in [1.54, 1.807) is 0 Å². The molecule has 0 aromatic heterocycles. The van der Waals surface area contributed by atoms with Gasteiger partial charge in [-0.15, -0.1) is 0 Å². The van der Waals surface area contributed by atoms with Crippen molar-refractivity contribution in [1.82, 2.24) is 14.2 Å². The second-order valence-corrected chi connectivity index (χ2v) is 6.45. The third kappa shape index (κ3) is 7.68. The monoisotopic (exact) mass is 259 g/mol. The highest BCUT2D eigenvalue weighted by Crippen LogP contribution is 1.83. The van der Waals surface area contributed by atoms with Gasteiger partial charge in [-0.1, -0.05) is 6.92 Å². The van der Waals surface area contributed by atoms with E-state index in [-0.39, 0.29) is 12.3 Å². The summed E-state index contributed by atoms with van der Waals surface area (Å²) in [6.45, 7) is 2.00. The van der Waals surface area contributed by atoms with Crippen molar-refractivity contribution < 1.29 is 16.8 Å². The molecular formula is C6H17N3O4S2. The molecule has 0 unspecified atom stereocenters. The van der Waals surface area contributed by atoms with Gasteiger partial charge in [0.1, 0.15) is 0 Å². The Balaban J connectivity index is 3.96. The molecule has 92 valence electrons. The molecule has 0 aliphatic rings. The molecule has 0 bridgehead atoms. The molecule has 9 heteroatoms. The molecule has 0 saturated heterocycles. The molecule has 0 aliphatic heterocycles. The highest BCUT2D eigenvalue weighted by atomic mass is 32.2. The van der Waals surface area contributed by atoms with Gasteiger partial charge < -0.3 is 0 Å². The zero-order valence-electron chi connectivity index (χ0n) is 8.78. The van der Waals surface area contributed by atoms with Crippen molar-refractivity contribution in [3.05, 3.63) is 0 Å². The van der Waals surface area contributed by atoms with Crippen LogP contribution in [0.15, 0.2) is 0 Å². The molecule has 3 N–H and O–H groups in total. The maximum absolute atomic E-state index is 11.1. The normalized spacial score (nSPS) is 12.9. The van der Waals surface area contributed by atoms with Gasteiger partial charge in [0.25, 0.3) is 10.2 Å². The smallest absolute Gasteiger partial charge is 0.218 e. The minimum Gasteiger partial charge on any atom is -0.218 e. The van der Waals surface area contributed by atoms with Crippen molar-refractivity contribution in [2.75, 3.05) is 25.9 Å². The summed E-state index contributed by atoms with van der Waals surface area (Å²) in [5.41, 5.74) is 0. The highest BCUT2D eigenvalue weighted by molar-refractivity contribution is 7.89. The Morgan fingerprint density at radius 3 is 2.00 bits per heavy atom. The average molecular weight is 259 g/mol. The van der Waals surface area contributed by atoms with Crippen LogP contribution in [0.3, 0.4) is 0 Å². The molecule has 0 heterocycles. The predicted molar refractivity (Wildman–Crippen MR) is 58.1 cm³/mol. The van der Waals surface area contributed by atoms with Crippen LogP contribution < -0.4 is 14.2 Å². The van der Waals surface area contributed by atoms with E-state index >= 15 is 0 Å². The lowest BCUT2D eigenvalue weighted by molar-refractivity contribution is 0.566. The third-order valence-electron chi connectivity index (χ3n) is 1.52. The molecule has 0 amide bonds. The van der Waals surface area contributed by atoms with Crippen molar-refractivity contribution in [2.24, 2.45) is 0 Å². The van der Waals surface area contributed by atoms with Crippen molar-refractivity contribution >= 4 is 20.2 Å². The van der Waals surface area contributed by atoms with Crippen LogP contribution in [0.1, 0.15) is 13.3 Å². The standard InChI is InChI=1S/C6H17N3O4S2/c1-3-4-8-15(12,13)9-5-6-14(10,11)7-2/h7-9H,3-6H2,1-2H3. The lowest BCUT2D eigenvalue weighted by atomic mass is 10.5. The lowest BCUT2D eigenvalue weighted by Gasteiger charge is -2.07. The van der Waals surface area contributed by atoms with E-state index in [0.29, 0.717) is 13.0 Å². The van der Waals surface area contributed by atoms with Crippen molar-refractivity contribution in [3.8, 4) is 0 Å². The molecule has 0 atom stereocenters. The third-order valence-corrected chi connectivity index (χ3v) is 4.05. The van der Waals surface area contributed by atoms with Crippen LogP contribution >= 0.6 is 0 Å². The van der Waals surface area contributed by atoms with E-state index in [9.17, 15) is 16.8 Å². The highest BCUT2D eigenvalue weighted by Gasteiger charge is 2.11. The van der Waals surface area contributed by atoms with Gasteiger partial charge in [-0.25, -0.2) is 22.6 Å². The van der Waals surface area contributed by atoms with E-state index in [4.69, 9.17) is 0 Å². The summed E-state index contributed by atoms with van der Waals surface area (Å²) < 4.78 is 50.6. The number of rotatable bonds is 8. The van der Waals surface area contributed by atoms with E-state index in [1.807, 2.05) is 6.92 Å². The van der Waals surface area contributed by atoms with Crippen LogP contribution in [0, 0.1) is 0 Å². The first-order chi connectivity index (χ1) is 6.83. The molecule has 0 radical (unpaired) electrons. The van der Waals surface area contributed by atoms with Gasteiger partial charge in [0.15, 0.2) is 0 Å². The molecule has 0 aromatic rings. The maximum Gasteiger partial charge on any atom is 0.276 e. The van der Waals surface area contributed by atoms with E-state index in [0.717, 1.165) is 0 Å². The Morgan fingerprint density at radius 2 is 1.53 bits per heavy atom. The topological polar surface area (TPSA) is 104 Å². The summed E-state index contributed by atoms with van der Waals surface area (Å²) in [6.07, 6.45) is 0.676. The Hall–Kier alpha value is -0.220. The minimum absolute atomic E-state index is 0.151. The van der Waals surface area contributed by atoms with Gasteiger partial charge in [0, 0.05) is 13.1 Å². The van der Waals surface area contributed by atoms with Crippen LogP contribution in [0.5, 0.6) is 0 Å². The molecule has 0 rings (SSSR count). The Labute approximate surface area is 90.9 Å². The number of hydrogen-bond donors (Lipinski definition) is 3. The van der Waals surface area contributed by atoms with Crippen LogP contribution in [0.2, 0.25) is 0 Å². The predicted octanol–water partition coefficient (Wildman–Crippen LogP) is -1.63. The fourth-order valence-electron chi connectivity index (χ4n) is 0.700. The molecule has 15 heavy (non-hydrogen) atoms. The van der Waals surface area contributed by atoms with Gasteiger partial charge in [0.2, 0.25) is 10.0 Å². The minimum atomic E-state index is -3.57. The summed E-state index contributed by atoms with van der Waals surface area (Å²) in [5, 5.41) is 0. The zero-order valence-corrected chi connectivity index (χ0v) is 10.4. The largest absolute Gasteiger partial charge is 0.276 e. The number of sulfonamides is 1. The van der Waals surface area contributed by atoms with Gasteiger partial charge in [-0.2, -0.15) is 8.42 Å². The summed E-state index contributed by atoms with van der Waals surface area (Å²) in [6, 6.07) is 0. The molecule has 7 nitrogen and oxygen atoms in total. The first-order valence-corrected chi connectivity index (χ1v) is 7.62. The summed E-state index contributed by atoms with van der Waals surface area (Å²) in [4.78, 5) is 0. The molecule has 0 fully saturated rings. The van der Waals surface area contributed by atoms with Gasteiger partial charge in [-0.05, 0) is 13.5 Å². The van der Waals surface area contributed by atoms with Gasteiger partial charge >= 0.3 is 0 Å².